The number of aryl methyl sites for hydroxylation is 1. The molecule has 15 heteroatoms. The molecule has 59 heavy (non-hydrogen) atoms. The van der Waals surface area contributed by atoms with Gasteiger partial charge in [-0.25, -0.2) is 4.98 Å². The van der Waals surface area contributed by atoms with E-state index in [-0.39, 0.29) is 17.3 Å². The minimum atomic E-state index is -0.582. The third kappa shape index (κ3) is 7.18. The average Bonchev–Trinajstić information content (AvgIpc) is 3.25. The standard InChI is InChI=1S/C23H20BrN3O3.C21H15BrClN3O3/c1-4-17-13-7-5-6-8-14(13)21-20(27-17)19(15(11-25)23(26)30-21)12-9-16(24)22(29-3)18(10-12)28-2;1-27-15-8-10(7-14(22)19(15)28-2)16-13(9-24)21(25)29-18-11-5-3-4-6-12(11)20(23)26-17(16)18/h5-10,19H,4,26H2,1-3H3;3-8,16H,25H2,1-2H3. The van der Waals surface area contributed by atoms with Gasteiger partial charge < -0.3 is 39.9 Å². The number of pyridine rings is 2. The topological polar surface area (TPSA) is 181 Å². The van der Waals surface area contributed by atoms with E-state index in [0.29, 0.717) is 65.6 Å². The third-order valence-electron chi connectivity index (χ3n) is 10.0. The fraction of sp³-hybridized carbons (Fsp3) is 0.182. The molecule has 2 aliphatic heterocycles. The molecule has 6 aromatic rings. The van der Waals surface area contributed by atoms with Crippen molar-refractivity contribution in [3.8, 4) is 46.6 Å². The first kappa shape index (κ1) is 41.0. The number of allylic oxidation sites excluding steroid dienone is 2. The number of nitriles is 2. The van der Waals surface area contributed by atoms with Gasteiger partial charge in [-0.05, 0) is 73.7 Å². The number of benzene rings is 4. The molecule has 2 unspecified atom stereocenters. The lowest BCUT2D eigenvalue weighted by atomic mass is 9.85. The monoisotopic (exact) mass is 936 g/mol. The highest BCUT2D eigenvalue weighted by molar-refractivity contribution is 9.11. The highest BCUT2D eigenvalue weighted by Crippen LogP contribution is 2.50. The van der Waals surface area contributed by atoms with Crippen LogP contribution in [0.4, 0.5) is 0 Å². The summed E-state index contributed by atoms with van der Waals surface area (Å²) in [5.74, 6) is 2.27. The molecule has 2 aromatic heterocycles. The Morgan fingerprint density at radius 1 is 0.661 bits per heavy atom. The van der Waals surface area contributed by atoms with Crippen molar-refractivity contribution in [3.63, 3.8) is 0 Å². The minimum Gasteiger partial charge on any atom is -0.493 e. The van der Waals surface area contributed by atoms with Crippen molar-refractivity contribution in [3.05, 3.63) is 138 Å². The zero-order valence-corrected chi connectivity index (χ0v) is 36.2. The quantitative estimate of drug-likeness (QED) is 0.145. The predicted molar refractivity (Wildman–Crippen MR) is 231 cm³/mol. The molecular formula is C44H35Br2ClN6O6. The van der Waals surface area contributed by atoms with Gasteiger partial charge in [0.2, 0.25) is 11.8 Å². The molecule has 12 nitrogen and oxygen atoms in total. The molecule has 0 radical (unpaired) electrons. The van der Waals surface area contributed by atoms with Crippen LogP contribution in [0.25, 0.3) is 21.5 Å². The third-order valence-corrected chi connectivity index (χ3v) is 11.5. The number of methoxy groups -OCH3 is 4. The number of nitrogens with zero attached hydrogens (tertiary/aromatic N) is 4. The highest BCUT2D eigenvalue weighted by atomic mass is 79.9. The average molecular weight is 939 g/mol. The molecule has 0 amide bonds. The second-order valence-corrected chi connectivity index (χ2v) is 15.2. The van der Waals surface area contributed by atoms with Crippen LogP contribution < -0.4 is 39.9 Å². The summed E-state index contributed by atoms with van der Waals surface area (Å²) in [4.78, 5) is 9.50. The molecule has 8 rings (SSSR count). The molecule has 2 aliphatic rings. The summed E-state index contributed by atoms with van der Waals surface area (Å²) in [5.41, 5.74) is 16.5. The van der Waals surface area contributed by atoms with Crippen molar-refractivity contribution in [2.75, 3.05) is 28.4 Å². The Kier molecular flexibility index (Phi) is 11.8. The number of ether oxygens (including phenoxy) is 6. The van der Waals surface area contributed by atoms with E-state index in [2.05, 4.69) is 55.9 Å². The molecule has 2 atom stereocenters. The number of hydrogen-bond donors (Lipinski definition) is 2. The van der Waals surface area contributed by atoms with Gasteiger partial charge in [-0.2, -0.15) is 10.5 Å². The fourth-order valence-corrected chi connectivity index (χ4v) is 8.90. The first-order valence-electron chi connectivity index (χ1n) is 18.0. The van der Waals surface area contributed by atoms with Crippen LogP contribution in [0, 0.1) is 22.7 Å². The summed E-state index contributed by atoms with van der Waals surface area (Å²) in [6.45, 7) is 2.06. The normalized spacial score (nSPS) is 15.4. The van der Waals surface area contributed by atoms with Crippen molar-refractivity contribution < 1.29 is 28.4 Å². The largest absolute Gasteiger partial charge is 0.493 e. The SMILES string of the molecule is CCc1nc2c(c3ccccc13)OC(N)=C(C#N)C2c1cc(Br)c(OC)c(OC)c1.COc1cc(C2C(C#N)=C(N)Oc3c2nc(Cl)c2ccccc32)cc(Br)c1OC. The summed E-state index contributed by atoms with van der Waals surface area (Å²) in [6, 6.07) is 27.2. The Labute approximate surface area is 361 Å². The van der Waals surface area contributed by atoms with Gasteiger partial charge in [-0.15, -0.1) is 0 Å². The lowest BCUT2D eigenvalue weighted by Gasteiger charge is -2.28. The molecule has 298 valence electrons. The maximum absolute atomic E-state index is 9.89. The Morgan fingerprint density at radius 3 is 1.51 bits per heavy atom. The van der Waals surface area contributed by atoms with Crippen molar-refractivity contribution in [1.82, 2.24) is 9.97 Å². The van der Waals surface area contributed by atoms with Gasteiger partial charge in [-0.1, -0.05) is 67.1 Å². The van der Waals surface area contributed by atoms with E-state index >= 15 is 0 Å². The fourth-order valence-electron chi connectivity index (χ4n) is 7.40. The van der Waals surface area contributed by atoms with Crippen LogP contribution in [0.2, 0.25) is 5.15 Å². The first-order chi connectivity index (χ1) is 28.5. The van der Waals surface area contributed by atoms with Crippen LogP contribution >= 0.6 is 43.5 Å². The number of rotatable bonds is 7. The van der Waals surface area contributed by atoms with E-state index in [9.17, 15) is 10.5 Å². The van der Waals surface area contributed by atoms with Crippen LogP contribution in [-0.4, -0.2) is 38.4 Å². The summed E-state index contributed by atoms with van der Waals surface area (Å²) >= 11 is 13.5. The van der Waals surface area contributed by atoms with Gasteiger partial charge >= 0.3 is 0 Å². The lowest BCUT2D eigenvalue weighted by molar-refractivity contribution is 0.352. The second kappa shape index (κ2) is 17.0. The van der Waals surface area contributed by atoms with Crippen molar-refractivity contribution in [2.24, 2.45) is 11.5 Å². The number of aromatic nitrogens is 2. The van der Waals surface area contributed by atoms with Crippen LogP contribution in [0.3, 0.4) is 0 Å². The number of hydrogen-bond acceptors (Lipinski definition) is 12. The van der Waals surface area contributed by atoms with E-state index in [0.717, 1.165) is 44.8 Å². The van der Waals surface area contributed by atoms with Gasteiger partial charge in [0.25, 0.3) is 0 Å². The molecule has 0 saturated heterocycles. The maximum atomic E-state index is 9.89. The van der Waals surface area contributed by atoms with Gasteiger partial charge in [0.05, 0.1) is 60.6 Å². The molecule has 0 bridgehead atoms. The van der Waals surface area contributed by atoms with Crippen LogP contribution in [0.1, 0.15) is 47.0 Å². The Bertz CT molecular complexity index is 2840. The molecule has 4 N–H and O–H groups in total. The van der Waals surface area contributed by atoms with Crippen molar-refractivity contribution >= 4 is 65.0 Å². The molecular weight excluding hydrogens is 904 g/mol. The van der Waals surface area contributed by atoms with Crippen LogP contribution in [-0.2, 0) is 6.42 Å². The van der Waals surface area contributed by atoms with Gasteiger partial charge in [-0.3, -0.25) is 4.98 Å². The summed E-state index contributed by atoms with van der Waals surface area (Å²) < 4.78 is 35.0. The van der Waals surface area contributed by atoms with E-state index in [1.165, 1.54) is 0 Å². The van der Waals surface area contributed by atoms with E-state index < -0.39 is 11.8 Å². The summed E-state index contributed by atoms with van der Waals surface area (Å²) in [6.07, 6.45) is 0.747. The van der Waals surface area contributed by atoms with E-state index in [1.807, 2.05) is 66.7 Å². The predicted octanol–water partition coefficient (Wildman–Crippen LogP) is 9.68. The minimum absolute atomic E-state index is 0.0326. The second-order valence-electron chi connectivity index (χ2n) is 13.2. The summed E-state index contributed by atoms with van der Waals surface area (Å²) in [5, 5.41) is 23.5. The number of halogens is 3. The van der Waals surface area contributed by atoms with Gasteiger partial charge in [0.15, 0.2) is 34.5 Å². The van der Waals surface area contributed by atoms with Gasteiger partial charge in [0, 0.05) is 27.2 Å². The van der Waals surface area contributed by atoms with Crippen LogP contribution in [0.5, 0.6) is 34.5 Å². The van der Waals surface area contributed by atoms with Crippen molar-refractivity contribution in [1.29, 1.82) is 10.5 Å². The van der Waals surface area contributed by atoms with E-state index in [4.69, 9.17) is 56.5 Å². The molecule has 0 aliphatic carbocycles. The molecule has 4 aromatic carbocycles. The highest BCUT2D eigenvalue weighted by Gasteiger charge is 2.36. The lowest BCUT2D eigenvalue weighted by Crippen LogP contribution is -2.23. The van der Waals surface area contributed by atoms with Crippen molar-refractivity contribution in [2.45, 2.75) is 25.2 Å². The molecule has 0 saturated carbocycles. The first-order valence-corrected chi connectivity index (χ1v) is 20.0. The van der Waals surface area contributed by atoms with E-state index in [1.54, 1.807) is 34.5 Å². The number of nitrogens with two attached hydrogens (primary N) is 2. The number of fused-ring (bicyclic) bond motifs is 6. The molecule has 0 spiro atoms. The van der Waals surface area contributed by atoms with Crippen LogP contribution in [0.15, 0.2) is 105 Å². The Hall–Kier alpha value is -6.19. The zero-order chi connectivity index (χ0) is 42.1. The molecule has 4 heterocycles. The Morgan fingerprint density at radius 2 is 1.08 bits per heavy atom. The molecule has 0 fully saturated rings. The maximum Gasteiger partial charge on any atom is 0.205 e. The summed E-state index contributed by atoms with van der Waals surface area (Å²) in [7, 11) is 6.25. The van der Waals surface area contributed by atoms with Gasteiger partial charge in [0.1, 0.15) is 28.4 Å². The smallest absolute Gasteiger partial charge is 0.205 e. The zero-order valence-electron chi connectivity index (χ0n) is 32.3. The Balaban J connectivity index is 0.000000179.